The highest BCUT2D eigenvalue weighted by Gasteiger charge is 2.27. The number of piperazine rings is 1. The summed E-state index contributed by atoms with van der Waals surface area (Å²) in [7, 11) is 0. The van der Waals surface area contributed by atoms with Crippen molar-refractivity contribution in [2.45, 2.75) is 25.9 Å². The number of carboxylic acids is 1. The summed E-state index contributed by atoms with van der Waals surface area (Å²) in [4.78, 5) is 24.4. The lowest BCUT2D eigenvalue weighted by atomic mass is 10.1. The Morgan fingerprint density at radius 2 is 2.37 bits per heavy atom. The third-order valence-corrected chi connectivity index (χ3v) is 3.20. The summed E-state index contributed by atoms with van der Waals surface area (Å²) in [6.45, 7) is 4.58. The first-order valence-electron chi connectivity index (χ1n) is 6.27. The second-order valence-corrected chi connectivity index (χ2v) is 4.42. The van der Waals surface area contributed by atoms with Crippen LogP contribution in [0.3, 0.4) is 0 Å². The first-order valence-corrected chi connectivity index (χ1v) is 6.27. The van der Waals surface area contributed by atoms with Gasteiger partial charge in [-0.25, -0.2) is 4.79 Å². The molecule has 1 aromatic heterocycles. The quantitative estimate of drug-likeness (QED) is 0.723. The van der Waals surface area contributed by atoms with E-state index in [1.54, 1.807) is 0 Å². The molecule has 2 heterocycles. The van der Waals surface area contributed by atoms with E-state index in [0.29, 0.717) is 19.6 Å². The molecular formula is C11H17N5O3. The molecule has 1 aliphatic heterocycles. The Hall–Kier alpha value is -1.96. The van der Waals surface area contributed by atoms with Gasteiger partial charge in [-0.2, -0.15) is 0 Å². The molecule has 0 aromatic carbocycles. The Morgan fingerprint density at radius 1 is 1.58 bits per heavy atom. The van der Waals surface area contributed by atoms with Gasteiger partial charge in [0.15, 0.2) is 5.69 Å². The standard InChI is InChI=1S/C11H17N5O3/c1-2-9-10(17)12-3-4-15(9)5-6-16-7-8(11(18)19)13-14-16/h7,9H,2-6H2,1H3,(H,12,17)(H,18,19). The lowest BCUT2D eigenvalue weighted by Gasteiger charge is -2.34. The minimum Gasteiger partial charge on any atom is -0.476 e. The number of aromatic nitrogens is 3. The van der Waals surface area contributed by atoms with E-state index in [-0.39, 0.29) is 17.6 Å². The van der Waals surface area contributed by atoms with E-state index in [9.17, 15) is 9.59 Å². The number of rotatable bonds is 5. The smallest absolute Gasteiger partial charge is 0.358 e. The Morgan fingerprint density at radius 3 is 3.00 bits per heavy atom. The van der Waals surface area contributed by atoms with Crippen LogP contribution in [0.15, 0.2) is 6.20 Å². The number of aromatic carboxylic acids is 1. The third kappa shape index (κ3) is 3.08. The van der Waals surface area contributed by atoms with Gasteiger partial charge in [-0.05, 0) is 6.42 Å². The SMILES string of the molecule is CCC1C(=O)NCCN1CCn1cc(C(=O)O)nn1. The van der Waals surface area contributed by atoms with Crippen molar-refractivity contribution < 1.29 is 14.7 Å². The van der Waals surface area contributed by atoms with Gasteiger partial charge >= 0.3 is 5.97 Å². The second-order valence-electron chi connectivity index (χ2n) is 4.42. The number of amides is 1. The summed E-state index contributed by atoms with van der Waals surface area (Å²) in [5, 5.41) is 18.9. The zero-order valence-electron chi connectivity index (χ0n) is 10.7. The average molecular weight is 267 g/mol. The summed E-state index contributed by atoms with van der Waals surface area (Å²) in [6.07, 6.45) is 2.15. The molecule has 1 fully saturated rings. The molecule has 0 bridgehead atoms. The van der Waals surface area contributed by atoms with E-state index in [1.807, 2.05) is 6.92 Å². The highest BCUT2D eigenvalue weighted by atomic mass is 16.4. The Bertz CT molecular complexity index is 473. The average Bonchev–Trinajstić information content (AvgIpc) is 2.85. The molecule has 8 nitrogen and oxygen atoms in total. The van der Waals surface area contributed by atoms with Crippen molar-refractivity contribution in [3.63, 3.8) is 0 Å². The van der Waals surface area contributed by atoms with Crippen molar-refractivity contribution in [3.05, 3.63) is 11.9 Å². The topological polar surface area (TPSA) is 100 Å². The molecule has 104 valence electrons. The van der Waals surface area contributed by atoms with Crippen LogP contribution in [0.25, 0.3) is 0 Å². The number of hydrogen-bond donors (Lipinski definition) is 2. The largest absolute Gasteiger partial charge is 0.476 e. The predicted molar refractivity (Wildman–Crippen MR) is 65.6 cm³/mol. The van der Waals surface area contributed by atoms with Gasteiger partial charge in [-0.1, -0.05) is 12.1 Å². The van der Waals surface area contributed by atoms with E-state index in [0.717, 1.165) is 13.0 Å². The van der Waals surface area contributed by atoms with E-state index < -0.39 is 5.97 Å². The minimum absolute atomic E-state index is 0.0542. The zero-order valence-corrected chi connectivity index (χ0v) is 10.7. The van der Waals surface area contributed by atoms with Crippen LogP contribution in [0, 0.1) is 0 Å². The first kappa shape index (κ1) is 13.5. The molecule has 0 spiro atoms. The number of nitrogens with one attached hydrogen (secondary N) is 1. The molecule has 1 aliphatic rings. The van der Waals surface area contributed by atoms with Gasteiger partial charge < -0.3 is 10.4 Å². The summed E-state index contributed by atoms with van der Waals surface area (Å²) < 4.78 is 1.49. The molecular weight excluding hydrogens is 250 g/mol. The predicted octanol–water partition coefficient (Wildman–Crippen LogP) is -0.813. The van der Waals surface area contributed by atoms with Crippen molar-refractivity contribution in [1.29, 1.82) is 0 Å². The monoisotopic (exact) mass is 267 g/mol. The molecule has 0 radical (unpaired) electrons. The summed E-state index contributed by atoms with van der Waals surface area (Å²) in [6, 6.07) is -0.115. The Kier molecular flexibility index (Phi) is 4.10. The van der Waals surface area contributed by atoms with Crippen LogP contribution in [0.2, 0.25) is 0 Å². The van der Waals surface area contributed by atoms with Gasteiger partial charge in [0.25, 0.3) is 0 Å². The Balaban J connectivity index is 1.93. The van der Waals surface area contributed by atoms with Gasteiger partial charge in [0.2, 0.25) is 5.91 Å². The molecule has 1 amide bonds. The van der Waals surface area contributed by atoms with E-state index >= 15 is 0 Å². The lowest BCUT2D eigenvalue weighted by Crippen LogP contribution is -2.55. The van der Waals surface area contributed by atoms with Crippen LogP contribution >= 0.6 is 0 Å². The molecule has 1 unspecified atom stereocenters. The van der Waals surface area contributed by atoms with Crippen molar-refractivity contribution in [2.75, 3.05) is 19.6 Å². The van der Waals surface area contributed by atoms with Crippen LogP contribution < -0.4 is 5.32 Å². The minimum atomic E-state index is -1.09. The second kappa shape index (κ2) is 5.79. The number of carbonyl (C=O) groups is 2. The van der Waals surface area contributed by atoms with Gasteiger partial charge in [0.05, 0.1) is 18.8 Å². The van der Waals surface area contributed by atoms with Crippen LogP contribution in [0.5, 0.6) is 0 Å². The number of carboxylic acid groups (broad SMARTS) is 1. The van der Waals surface area contributed by atoms with Gasteiger partial charge in [0, 0.05) is 19.6 Å². The highest BCUT2D eigenvalue weighted by Crippen LogP contribution is 2.08. The third-order valence-electron chi connectivity index (χ3n) is 3.20. The molecule has 0 aliphatic carbocycles. The zero-order chi connectivity index (χ0) is 13.8. The van der Waals surface area contributed by atoms with Gasteiger partial charge in [-0.15, -0.1) is 5.10 Å². The fraction of sp³-hybridized carbons (Fsp3) is 0.636. The first-order chi connectivity index (χ1) is 9.11. The Labute approximate surface area is 110 Å². The molecule has 8 heteroatoms. The molecule has 1 aromatic rings. The van der Waals surface area contributed by atoms with Crippen LogP contribution in [-0.4, -0.2) is 62.6 Å². The maximum atomic E-state index is 11.7. The van der Waals surface area contributed by atoms with Crippen molar-refractivity contribution in [1.82, 2.24) is 25.2 Å². The van der Waals surface area contributed by atoms with Gasteiger partial charge in [0.1, 0.15) is 0 Å². The summed E-state index contributed by atoms with van der Waals surface area (Å²) in [5.41, 5.74) is -0.0663. The lowest BCUT2D eigenvalue weighted by molar-refractivity contribution is -0.129. The molecule has 1 atom stereocenters. The van der Waals surface area contributed by atoms with Crippen molar-refractivity contribution >= 4 is 11.9 Å². The molecule has 1 saturated heterocycles. The number of hydrogen-bond acceptors (Lipinski definition) is 5. The maximum absolute atomic E-state index is 11.7. The molecule has 19 heavy (non-hydrogen) atoms. The number of carbonyl (C=O) groups excluding carboxylic acids is 1. The van der Waals surface area contributed by atoms with E-state index in [2.05, 4.69) is 20.5 Å². The normalized spacial score (nSPS) is 20.3. The molecule has 2 rings (SSSR count). The summed E-state index contributed by atoms with van der Waals surface area (Å²) >= 11 is 0. The van der Waals surface area contributed by atoms with Crippen LogP contribution in [-0.2, 0) is 11.3 Å². The van der Waals surface area contributed by atoms with E-state index in [4.69, 9.17) is 5.11 Å². The van der Waals surface area contributed by atoms with Crippen molar-refractivity contribution in [2.24, 2.45) is 0 Å². The maximum Gasteiger partial charge on any atom is 0.358 e. The highest BCUT2D eigenvalue weighted by molar-refractivity contribution is 5.84. The van der Waals surface area contributed by atoms with E-state index in [1.165, 1.54) is 10.9 Å². The fourth-order valence-electron chi connectivity index (χ4n) is 2.21. The molecule has 2 N–H and O–H groups in total. The van der Waals surface area contributed by atoms with Crippen LogP contribution in [0.1, 0.15) is 23.8 Å². The fourth-order valence-corrected chi connectivity index (χ4v) is 2.21. The number of nitrogens with zero attached hydrogens (tertiary/aromatic N) is 4. The van der Waals surface area contributed by atoms with Gasteiger partial charge in [-0.3, -0.25) is 14.4 Å². The van der Waals surface area contributed by atoms with Crippen LogP contribution in [0.4, 0.5) is 0 Å². The van der Waals surface area contributed by atoms with Crippen molar-refractivity contribution in [3.8, 4) is 0 Å². The molecule has 0 saturated carbocycles. The summed E-state index contributed by atoms with van der Waals surface area (Å²) in [5.74, 6) is -1.03.